The first-order valence-corrected chi connectivity index (χ1v) is 8.21. The Balaban J connectivity index is 0.00000288. The fourth-order valence-corrected chi connectivity index (χ4v) is 2.67. The molecule has 6 nitrogen and oxygen atoms in total. The lowest BCUT2D eigenvalue weighted by Crippen LogP contribution is -2.31. The van der Waals surface area contributed by atoms with Crippen LogP contribution in [0.25, 0.3) is 0 Å². The van der Waals surface area contributed by atoms with Crippen LogP contribution < -0.4 is 19.9 Å². The molecule has 1 amide bonds. The summed E-state index contributed by atoms with van der Waals surface area (Å²) in [5.41, 5.74) is 6.43. The van der Waals surface area contributed by atoms with Crippen molar-refractivity contribution < 1.29 is 19.0 Å². The van der Waals surface area contributed by atoms with Crippen molar-refractivity contribution in [2.24, 2.45) is 5.73 Å². The SMILES string of the molecule is CCOc1cc(C(=O)N2CC[C@H](N)C2)cc(OCC)c1OCC.Cl. The zero-order valence-electron chi connectivity index (χ0n) is 14.5. The van der Waals surface area contributed by atoms with E-state index in [1.54, 1.807) is 17.0 Å². The van der Waals surface area contributed by atoms with Gasteiger partial charge in [-0.15, -0.1) is 12.4 Å². The van der Waals surface area contributed by atoms with Crippen LogP contribution in [-0.2, 0) is 0 Å². The fraction of sp³-hybridized carbons (Fsp3) is 0.588. The van der Waals surface area contributed by atoms with Crippen LogP contribution in [0.3, 0.4) is 0 Å². The largest absolute Gasteiger partial charge is 0.490 e. The number of carbonyl (C=O) groups is 1. The smallest absolute Gasteiger partial charge is 0.254 e. The third-order valence-corrected chi connectivity index (χ3v) is 3.67. The van der Waals surface area contributed by atoms with Gasteiger partial charge in [0.2, 0.25) is 5.75 Å². The summed E-state index contributed by atoms with van der Waals surface area (Å²) in [6, 6.07) is 3.51. The molecule has 2 rings (SSSR count). The van der Waals surface area contributed by atoms with Crippen molar-refractivity contribution in [3.8, 4) is 17.2 Å². The minimum Gasteiger partial charge on any atom is -0.490 e. The van der Waals surface area contributed by atoms with Crippen molar-refractivity contribution in [3.63, 3.8) is 0 Å². The maximum Gasteiger partial charge on any atom is 0.254 e. The maximum absolute atomic E-state index is 12.7. The van der Waals surface area contributed by atoms with Gasteiger partial charge in [-0.1, -0.05) is 0 Å². The molecule has 1 aromatic carbocycles. The number of hydrogen-bond donors (Lipinski definition) is 1. The summed E-state index contributed by atoms with van der Waals surface area (Å²) in [6.45, 7) is 8.41. The normalized spacial score (nSPS) is 16.5. The van der Waals surface area contributed by atoms with Gasteiger partial charge in [-0.3, -0.25) is 4.79 Å². The molecule has 1 atom stereocenters. The number of benzene rings is 1. The van der Waals surface area contributed by atoms with Crippen LogP contribution in [0.1, 0.15) is 37.6 Å². The Hall–Kier alpha value is -1.66. The quantitative estimate of drug-likeness (QED) is 0.810. The minimum atomic E-state index is -0.0529. The van der Waals surface area contributed by atoms with Crippen molar-refractivity contribution in [1.82, 2.24) is 4.90 Å². The van der Waals surface area contributed by atoms with Gasteiger partial charge >= 0.3 is 0 Å². The predicted molar refractivity (Wildman–Crippen MR) is 95.7 cm³/mol. The van der Waals surface area contributed by atoms with Gasteiger partial charge < -0.3 is 24.8 Å². The van der Waals surface area contributed by atoms with E-state index in [4.69, 9.17) is 19.9 Å². The first-order valence-electron chi connectivity index (χ1n) is 8.21. The molecule has 0 spiro atoms. The molecule has 1 aliphatic rings. The summed E-state index contributed by atoms with van der Waals surface area (Å²) in [6.07, 6.45) is 0.833. The van der Waals surface area contributed by atoms with E-state index < -0.39 is 0 Å². The molecule has 0 radical (unpaired) electrons. The van der Waals surface area contributed by atoms with Crippen molar-refractivity contribution in [3.05, 3.63) is 17.7 Å². The molecule has 24 heavy (non-hydrogen) atoms. The molecule has 0 saturated carbocycles. The molecule has 0 aliphatic carbocycles. The molecule has 1 heterocycles. The van der Waals surface area contributed by atoms with Crippen LogP contribution in [0.2, 0.25) is 0 Å². The summed E-state index contributed by atoms with van der Waals surface area (Å²) >= 11 is 0. The van der Waals surface area contributed by atoms with Gasteiger partial charge in [0.25, 0.3) is 5.91 Å². The Morgan fingerprint density at radius 2 is 1.67 bits per heavy atom. The molecule has 0 unspecified atom stereocenters. The molecule has 1 aliphatic heterocycles. The topological polar surface area (TPSA) is 74.0 Å². The maximum atomic E-state index is 12.7. The lowest BCUT2D eigenvalue weighted by Gasteiger charge is -2.20. The molecule has 7 heteroatoms. The third-order valence-electron chi connectivity index (χ3n) is 3.67. The first kappa shape index (κ1) is 20.4. The number of hydrogen-bond acceptors (Lipinski definition) is 5. The van der Waals surface area contributed by atoms with Crippen molar-refractivity contribution in [2.45, 2.75) is 33.2 Å². The summed E-state index contributed by atoms with van der Waals surface area (Å²) in [5, 5.41) is 0. The monoisotopic (exact) mass is 358 g/mol. The van der Waals surface area contributed by atoms with E-state index in [1.165, 1.54) is 0 Å². The number of rotatable bonds is 7. The molecule has 0 bridgehead atoms. The number of nitrogens with zero attached hydrogens (tertiary/aromatic N) is 1. The van der Waals surface area contributed by atoms with Crippen molar-refractivity contribution in [1.29, 1.82) is 0 Å². The van der Waals surface area contributed by atoms with E-state index in [1.807, 2.05) is 20.8 Å². The molecule has 136 valence electrons. The van der Waals surface area contributed by atoms with Crippen molar-refractivity contribution in [2.75, 3.05) is 32.9 Å². The van der Waals surface area contributed by atoms with E-state index >= 15 is 0 Å². The van der Waals surface area contributed by atoms with Crippen molar-refractivity contribution >= 4 is 18.3 Å². The third kappa shape index (κ3) is 4.68. The number of nitrogens with two attached hydrogens (primary N) is 1. The summed E-state index contributed by atoms with van der Waals surface area (Å²) in [4.78, 5) is 14.5. The Labute approximate surface area is 149 Å². The molecule has 0 aromatic heterocycles. The number of ether oxygens (including phenoxy) is 3. The van der Waals surface area contributed by atoms with Crippen LogP contribution in [0, 0.1) is 0 Å². The average Bonchev–Trinajstić information content (AvgIpc) is 2.96. The molecular weight excluding hydrogens is 332 g/mol. The van der Waals surface area contributed by atoms with Crippen LogP contribution in [0.15, 0.2) is 12.1 Å². The zero-order valence-corrected chi connectivity index (χ0v) is 15.4. The first-order chi connectivity index (χ1) is 11.1. The van der Waals surface area contributed by atoms with Gasteiger partial charge in [-0.25, -0.2) is 0 Å². The highest BCUT2D eigenvalue weighted by Gasteiger charge is 2.26. The molecular formula is C17H27ClN2O4. The summed E-state index contributed by atoms with van der Waals surface area (Å²) in [5.74, 6) is 1.56. The Morgan fingerprint density at radius 1 is 1.12 bits per heavy atom. The number of amides is 1. The van der Waals surface area contributed by atoms with Gasteiger partial charge in [-0.2, -0.15) is 0 Å². The highest BCUT2D eigenvalue weighted by atomic mass is 35.5. The fourth-order valence-electron chi connectivity index (χ4n) is 2.67. The predicted octanol–water partition coefficient (Wildman–Crippen LogP) is 2.48. The number of likely N-dealkylation sites (tertiary alicyclic amines) is 1. The number of carbonyl (C=O) groups excluding carboxylic acids is 1. The Kier molecular flexibility index (Phi) is 8.15. The van der Waals surface area contributed by atoms with Gasteiger partial charge in [-0.05, 0) is 39.3 Å². The number of halogens is 1. The molecule has 1 aromatic rings. The summed E-state index contributed by atoms with van der Waals surface area (Å²) in [7, 11) is 0. The molecule has 1 fully saturated rings. The van der Waals surface area contributed by atoms with Gasteiger partial charge in [0, 0.05) is 24.7 Å². The Bertz CT molecular complexity index is 526. The van der Waals surface area contributed by atoms with Gasteiger partial charge in [0.05, 0.1) is 19.8 Å². The van der Waals surface area contributed by atoms with E-state index in [-0.39, 0.29) is 24.4 Å². The summed E-state index contributed by atoms with van der Waals surface area (Å²) < 4.78 is 17.0. The zero-order chi connectivity index (χ0) is 16.8. The van der Waals surface area contributed by atoms with Crippen LogP contribution in [0.5, 0.6) is 17.2 Å². The minimum absolute atomic E-state index is 0. The second-order valence-electron chi connectivity index (χ2n) is 5.40. The Morgan fingerprint density at radius 3 is 2.08 bits per heavy atom. The van der Waals surface area contributed by atoms with Crippen LogP contribution >= 0.6 is 12.4 Å². The standard InChI is InChI=1S/C17H26N2O4.ClH/c1-4-21-14-9-12(17(20)19-8-7-13(18)11-19)10-15(22-5-2)16(14)23-6-3;/h9-10,13H,4-8,11,18H2,1-3H3;1H/t13-;/m0./s1. The highest BCUT2D eigenvalue weighted by molar-refractivity contribution is 5.96. The molecule has 1 saturated heterocycles. The van der Waals surface area contributed by atoms with Gasteiger partial charge in [0.15, 0.2) is 11.5 Å². The van der Waals surface area contributed by atoms with E-state index in [9.17, 15) is 4.79 Å². The van der Waals surface area contributed by atoms with E-state index in [0.717, 1.165) is 6.42 Å². The lowest BCUT2D eigenvalue weighted by atomic mass is 10.1. The second-order valence-corrected chi connectivity index (χ2v) is 5.40. The molecule has 2 N–H and O–H groups in total. The van der Waals surface area contributed by atoms with Crippen LogP contribution in [0.4, 0.5) is 0 Å². The van der Waals surface area contributed by atoms with Gasteiger partial charge in [0.1, 0.15) is 0 Å². The van der Waals surface area contributed by atoms with Crippen LogP contribution in [-0.4, -0.2) is 49.8 Å². The van der Waals surface area contributed by atoms with E-state index in [0.29, 0.717) is 55.7 Å². The average molecular weight is 359 g/mol. The highest BCUT2D eigenvalue weighted by Crippen LogP contribution is 2.39. The van der Waals surface area contributed by atoms with E-state index in [2.05, 4.69) is 0 Å². The lowest BCUT2D eigenvalue weighted by molar-refractivity contribution is 0.0789. The second kappa shape index (κ2) is 9.59.